The summed E-state index contributed by atoms with van der Waals surface area (Å²) in [5.41, 5.74) is 14.2. The first-order valence-electron chi connectivity index (χ1n) is 9.46. The topological polar surface area (TPSA) is 149 Å². The van der Waals surface area contributed by atoms with Gasteiger partial charge in [-0.3, -0.25) is 4.98 Å². The maximum Gasteiger partial charge on any atom is 0.416 e. The minimum absolute atomic E-state index is 0.0218. The summed E-state index contributed by atoms with van der Waals surface area (Å²) in [6.45, 7) is 5.12. The molecule has 0 bridgehead atoms. The molecule has 4 rings (SSSR count). The second kappa shape index (κ2) is 7.95. The van der Waals surface area contributed by atoms with Gasteiger partial charge in [-0.1, -0.05) is 24.8 Å². The largest absolute Gasteiger partial charge is 0.464 e. The zero-order chi connectivity index (χ0) is 23.0. The van der Waals surface area contributed by atoms with Gasteiger partial charge in [0, 0.05) is 18.3 Å². The maximum atomic E-state index is 14.2. The molecule has 0 atom stereocenters. The van der Waals surface area contributed by atoms with Crippen LogP contribution < -0.4 is 16.4 Å². The zero-order valence-electron chi connectivity index (χ0n) is 17.0. The van der Waals surface area contributed by atoms with Crippen LogP contribution in [0.2, 0.25) is 0 Å². The molecule has 0 aliphatic rings. The Morgan fingerprint density at radius 3 is 2.50 bits per heavy atom. The summed E-state index contributed by atoms with van der Waals surface area (Å²) in [5.74, 6) is -0.662. The molecule has 10 nitrogen and oxygen atoms in total. The van der Waals surface area contributed by atoms with Gasteiger partial charge in [-0.2, -0.15) is 19.7 Å². The smallest absolute Gasteiger partial charge is 0.416 e. The van der Waals surface area contributed by atoms with Crippen molar-refractivity contribution in [2.24, 2.45) is 0 Å². The molecule has 1 aromatic carbocycles. The predicted molar refractivity (Wildman–Crippen MR) is 118 cm³/mol. The third-order valence-electron chi connectivity index (χ3n) is 4.74. The van der Waals surface area contributed by atoms with Gasteiger partial charge in [0.05, 0.1) is 11.2 Å². The number of rotatable bonds is 5. The van der Waals surface area contributed by atoms with Crippen LogP contribution in [0.5, 0.6) is 0 Å². The van der Waals surface area contributed by atoms with E-state index in [0.717, 1.165) is 4.90 Å². The molecular weight excluding hydrogens is 415 g/mol. The summed E-state index contributed by atoms with van der Waals surface area (Å²) >= 11 is 0. The monoisotopic (exact) mass is 434 g/mol. The quantitative estimate of drug-likeness (QED) is 0.434. The van der Waals surface area contributed by atoms with Crippen LogP contribution in [0.25, 0.3) is 17.0 Å². The van der Waals surface area contributed by atoms with E-state index in [1.807, 2.05) is 0 Å². The Bertz CT molecular complexity index is 1330. The van der Waals surface area contributed by atoms with Crippen LogP contribution in [-0.2, 0) is 6.42 Å². The van der Waals surface area contributed by atoms with Gasteiger partial charge in [0.15, 0.2) is 11.6 Å². The average molecular weight is 434 g/mol. The van der Waals surface area contributed by atoms with Crippen molar-refractivity contribution >= 4 is 34.4 Å². The van der Waals surface area contributed by atoms with E-state index in [1.54, 1.807) is 36.5 Å². The Morgan fingerprint density at radius 2 is 1.88 bits per heavy atom. The fourth-order valence-electron chi connectivity index (χ4n) is 3.36. The van der Waals surface area contributed by atoms with Crippen molar-refractivity contribution in [1.82, 2.24) is 24.7 Å². The lowest BCUT2D eigenvalue weighted by molar-refractivity contribution is 0.204. The van der Waals surface area contributed by atoms with Crippen molar-refractivity contribution in [2.45, 2.75) is 13.3 Å². The summed E-state index contributed by atoms with van der Waals surface area (Å²) in [5, 5.41) is 14.0. The SMILES string of the molecule is C=C(C)N(C(=O)O)c1c(N)nc(-n2nc(Cc3ccccc3F)c3ncccc32)nc1N. The van der Waals surface area contributed by atoms with Crippen LogP contribution in [-0.4, -0.2) is 35.9 Å². The van der Waals surface area contributed by atoms with Crippen molar-refractivity contribution in [3.8, 4) is 5.95 Å². The molecule has 0 spiro atoms. The number of nitrogen functional groups attached to an aromatic ring is 2. The van der Waals surface area contributed by atoms with Crippen molar-refractivity contribution in [2.75, 3.05) is 16.4 Å². The normalized spacial score (nSPS) is 10.9. The number of hydrogen-bond donors (Lipinski definition) is 3. The van der Waals surface area contributed by atoms with Crippen molar-refractivity contribution in [3.63, 3.8) is 0 Å². The third-order valence-corrected chi connectivity index (χ3v) is 4.74. The molecule has 0 unspecified atom stereocenters. The van der Waals surface area contributed by atoms with E-state index >= 15 is 0 Å². The number of carbonyl (C=O) groups is 1. The van der Waals surface area contributed by atoms with Crippen molar-refractivity contribution in [1.29, 1.82) is 0 Å². The number of pyridine rings is 1. The minimum atomic E-state index is -1.33. The number of amides is 1. The number of hydrogen-bond acceptors (Lipinski definition) is 7. The lowest BCUT2D eigenvalue weighted by Crippen LogP contribution is -2.29. The molecule has 3 aromatic heterocycles. The van der Waals surface area contributed by atoms with Crippen LogP contribution in [0.3, 0.4) is 0 Å². The van der Waals surface area contributed by atoms with Crippen LogP contribution in [0, 0.1) is 5.82 Å². The fourth-order valence-corrected chi connectivity index (χ4v) is 3.36. The highest BCUT2D eigenvalue weighted by molar-refractivity contribution is 5.96. The summed E-state index contributed by atoms with van der Waals surface area (Å²) in [7, 11) is 0. The average Bonchev–Trinajstić information content (AvgIpc) is 3.10. The Labute approximate surface area is 181 Å². The summed E-state index contributed by atoms with van der Waals surface area (Å²) in [6, 6.07) is 9.86. The number of benzene rings is 1. The Balaban J connectivity index is 1.85. The lowest BCUT2D eigenvalue weighted by atomic mass is 10.1. The highest BCUT2D eigenvalue weighted by atomic mass is 19.1. The molecule has 0 aliphatic carbocycles. The molecule has 0 radical (unpaired) electrons. The van der Waals surface area contributed by atoms with Gasteiger partial charge in [-0.15, -0.1) is 0 Å². The third kappa shape index (κ3) is 3.55. The van der Waals surface area contributed by atoms with Crippen LogP contribution in [0.4, 0.5) is 26.5 Å². The van der Waals surface area contributed by atoms with Gasteiger partial charge >= 0.3 is 6.09 Å². The summed E-state index contributed by atoms with van der Waals surface area (Å²) < 4.78 is 15.6. The van der Waals surface area contributed by atoms with E-state index in [2.05, 4.69) is 26.6 Å². The van der Waals surface area contributed by atoms with E-state index in [0.29, 0.717) is 22.3 Å². The van der Waals surface area contributed by atoms with Gasteiger partial charge in [0.25, 0.3) is 5.95 Å². The van der Waals surface area contributed by atoms with Gasteiger partial charge in [0.1, 0.15) is 17.0 Å². The summed E-state index contributed by atoms with van der Waals surface area (Å²) in [4.78, 5) is 25.2. The predicted octanol–water partition coefficient (Wildman–Crippen LogP) is 3.12. The van der Waals surface area contributed by atoms with E-state index in [1.165, 1.54) is 17.7 Å². The first kappa shape index (κ1) is 20.7. The van der Waals surface area contributed by atoms with E-state index < -0.39 is 6.09 Å². The lowest BCUT2D eigenvalue weighted by Gasteiger charge is -2.21. The molecule has 0 aliphatic heterocycles. The molecule has 5 N–H and O–H groups in total. The number of allylic oxidation sites excluding steroid dienone is 1. The molecule has 162 valence electrons. The Morgan fingerprint density at radius 1 is 1.19 bits per heavy atom. The Hall–Kier alpha value is -4.54. The molecule has 1 amide bonds. The number of fused-ring (bicyclic) bond motifs is 1. The first-order chi connectivity index (χ1) is 15.3. The highest BCUT2D eigenvalue weighted by Crippen LogP contribution is 2.31. The van der Waals surface area contributed by atoms with Gasteiger partial charge in [-0.05, 0) is 30.7 Å². The molecule has 3 heterocycles. The molecule has 4 aromatic rings. The highest BCUT2D eigenvalue weighted by Gasteiger charge is 2.25. The van der Waals surface area contributed by atoms with Gasteiger partial charge < -0.3 is 16.6 Å². The van der Waals surface area contributed by atoms with E-state index in [-0.39, 0.29) is 41.2 Å². The second-order valence-electron chi connectivity index (χ2n) is 6.99. The van der Waals surface area contributed by atoms with E-state index in [9.17, 15) is 14.3 Å². The molecule has 32 heavy (non-hydrogen) atoms. The number of nitrogens with two attached hydrogens (primary N) is 2. The Kier molecular flexibility index (Phi) is 5.15. The molecule has 0 fully saturated rings. The zero-order valence-corrected chi connectivity index (χ0v) is 17.0. The van der Waals surface area contributed by atoms with Crippen molar-refractivity contribution in [3.05, 3.63) is 71.9 Å². The van der Waals surface area contributed by atoms with Crippen LogP contribution >= 0.6 is 0 Å². The molecule has 11 heteroatoms. The maximum absolute atomic E-state index is 14.2. The second-order valence-corrected chi connectivity index (χ2v) is 6.99. The first-order valence-corrected chi connectivity index (χ1v) is 9.46. The standard InChI is InChI=1S/C21H19FN8O2/c1-11(2)29(21(31)32)17-18(23)26-20(27-19(17)24)30-15-8-5-9-25-16(15)14(28-30)10-12-6-3-4-7-13(12)22/h3-9H,1,10H2,2H3,(H,31,32)(H4,23,24,26,27). The number of nitrogens with zero attached hydrogens (tertiary/aromatic N) is 6. The molecular formula is C21H19FN8O2. The van der Waals surface area contributed by atoms with Crippen LogP contribution in [0.15, 0.2) is 54.9 Å². The molecule has 0 saturated heterocycles. The number of aromatic nitrogens is 5. The number of halogens is 1. The number of anilines is 3. The van der Waals surface area contributed by atoms with Crippen molar-refractivity contribution < 1.29 is 14.3 Å². The fraction of sp³-hybridized carbons (Fsp3) is 0.0952. The van der Waals surface area contributed by atoms with E-state index in [4.69, 9.17) is 11.5 Å². The van der Waals surface area contributed by atoms with Crippen LogP contribution in [0.1, 0.15) is 18.2 Å². The molecule has 0 saturated carbocycles. The number of carboxylic acid groups (broad SMARTS) is 1. The minimum Gasteiger partial charge on any atom is -0.464 e. The van der Waals surface area contributed by atoms with Gasteiger partial charge in [0.2, 0.25) is 0 Å². The van der Waals surface area contributed by atoms with Gasteiger partial charge in [-0.25, -0.2) is 14.1 Å². The summed E-state index contributed by atoms with van der Waals surface area (Å²) in [6.07, 6.45) is 0.468.